The van der Waals surface area contributed by atoms with Crippen molar-refractivity contribution in [1.29, 1.82) is 0 Å². The highest BCUT2D eigenvalue weighted by molar-refractivity contribution is 5.46. The van der Waals surface area contributed by atoms with Crippen molar-refractivity contribution in [1.82, 2.24) is 10.6 Å². The molecule has 2 N–H and O–H groups in total. The molecular weight excluding hydrogens is 275 g/mol. The molecule has 0 aromatic heterocycles. The van der Waals surface area contributed by atoms with Crippen molar-refractivity contribution in [3.8, 4) is 0 Å². The van der Waals surface area contributed by atoms with Gasteiger partial charge in [0, 0.05) is 24.5 Å². The zero-order valence-corrected chi connectivity index (χ0v) is 12.8. The van der Waals surface area contributed by atoms with Crippen LogP contribution in [0.2, 0.25) is 0 Å². The molecule has 1 aliphatic heterocycles. The molecule has 0 bridgehead atoms. The van der Waals surface area contributed by atoms with Crippen molar-refractivity contribution in [2.75, 3.05) is 13.6 Å². The Balaban J connectivity index is 1.84. The zero-order valence-electron chi connectivity index (χ0n) is 12.8. The highest BCUT2D eigenvalue weighted by atomic mass is 19.1. The second-order valence-electron chi connectivity index (χ2n) is 6.46. The minimum atomic E-state index is -0.137. The quantitative estimate of drug-likeness (QED) is 0.889. The number of hydrogen-bond acceptors (Lipinski definition) is 2. The van der Waals surface area contributed by atoms with Gasteiger partial charge >= 0.3 is 0 Å². The predicted molar refractivity (Wildman–Crippen MR) is 86.6 cm³/mol. The van der Waals surface area contributed by atoms with Gasteiger partial charge in [-0.25, -0.2) is 4.39 Å². The molecule has 0 radical (unpaired) electrons. The monoisotopic (exact) mass is 296 g/mol. The van der Waals surface area contributed by atoms with Gasteiger partial charge in [-0.3, -0.25) is 0 Å². The fourth-order valence-corrected chi connectivity index (χ4v) is 4.16. The van der Waals surface area contributed by atoms with Crippen LogP contribution in [0, 0.1) is 5.82 Å². The van der Waals surface area contributed by atoms with Crippen LogP contribution >= 0.6 is 0 Å². The summed E-state index contributed by atoms with van der Waals surface area (Å²) in [5.41, 5.74) is 5.20. The SMILES string of the molecule is CNC[C@H]1C[C@@H]2c3ccccc3Cc3ccc(F)cc3[C@H]2N1. The first kappa shape index (κ1) is 13.9. The first-order chi connectivity index (χ1) is 10.8. The van der Waals surface area contributed by atoms with Crippen LogP contribution in [0.25, 0.3) is 0 Å². The molecule has 0 spiro atoms. The highest BCUT2D eigenvalue weighted by Crippen LogP contribution is 2.45. The van der Waals surface area contributed by atoms with Crippen LogP contribution < -0.4 is 10.6 Å². The molecule has 22 heavy (non-hydrogen) atoms. The van der Waals surface area contributed by atoms with Crippen molar-refractivity contribution in [2.24, 2.45) is 0 Å². The Hall–Kier alpha value is -1.71. The molecule has 1 fully saturated rings. The molecule has 0 unspecified atom stereocenters. The minimum absolute atomic E-state index is 0.137. The first-order valence-corrected chi connectivity index (χ1v) is 8.03. The van der Waals surface area contributed by atoms with Crippen molar-refractivity contribution in [2.45, 2.75) is 30.8 Å². The fourth-order valence-electron chi connectivity index (χ4n) is 4.16. The van der Waals surface area contributed by atoms with Crippen LogP contribution in [0.3, 0.4) is 0 Å². The second-order valence-corrected chi connectivity index (χ2v) is 6.46. The molecule has 0 saturated carbocycles. The van der Waals surface area contributed by atoms with Crippen LogP contribution in [-0.4, -0.2) is 19.6 Å². The molecule has 0 amide bonds. The Morgan fingerprint density at radius 2 is 1.95 bits per heavy atom. The van der Waals surface area contributed by atoms with Gasteiger partial charge in [0.1, 0.15) is 5.82 Å². The van der Waals surface area contributed by atoms with E-state index in [1.165, 1.54) is 16.7 Å². The molecule has 2 aromatic carbocycles. The summed E-state index contributed by atoms with van der Waals surface area (Å²) in [4.78, 5) is 0. The maximum absolute atomic E-state index is 13.8. The van der Waals surface area contributed by atoms with Crippen LogP contribution in [-0.2, 0) is 6.42 Å². The molecule has 1 saturated heterocycles. The Morgan fingerprint density at radius 1 is 1.14 bits per heavy atom. The van der Waals surface area contributed by atoms with E-state index in [0.29, 0.717) is 12.0 Å². The third kappa shape index (κ3) is 2.25. The van der Waals surface area contributed by atoms with E-state index >= 15 is 0 Å². The van der Waals surface area contributed by atoms with Crippen molar-refractivity contribution in [3.63, 3.8) is 0 Å². The molecule has 3 atom stereocenters. The molecule has 2 nitrogen and oxygen atoms in total. The van der Waals surface area contributed by atoms with E-state index in [2.05, 4.69) is 34.9 Å². The smallest absolute Gasteiger partial charge is 0.123 e. The lowest BCUT2D eigenvalue weighted by molar-refractivity contribution is 0.521. The van der Waals surface area contributed by atoms with Crippen LogP contribution in [0.4, 0.5) is 4.39 Å². The molecule has 3 heteroatoms. The molecule has 114 valence electrons. The third-order valence-electron chi connectivity index (χ3n) is 5.09. The molecule has 1 heterocycles. The number of hydrogen-bond donors (Lipinski definition) is 2. The van der Waals surface area contributed by atoms with E-state index in [4.69, 9.17) is 0 Å². The van der Waals surface area contributed by atoms with Gasteiger partial charge in [-0.15, -0.1) is 0 Å². The number of benzene rings is 2. The minimum Gasteiger partial charge on any atom is -0.318 e. The average Bonchev–Trinajstić information content (AvgIpc) is 2.89. The normalized spacial score (nSPS) is 26.0. The molecular formula is C19H21FN2. The number of likely N-dealkylation sites (N-methyl/N-ethyl adjacent to an activating group) is 1. The van der Waals surface area contributed by atoms with E-state index in [-0.39, 0.29) is 11.9 Å². The maximum atomic E-state index is 13.8. The fraction of sp³-hybridized carbons (Fsp3) is 0.368. The summed E-state index contributed by atoms with van der Waals surface area (Å²) in [5, 5.41) is 6.99. The second kappa shape index (κ2) is 5.49. The summed E-state index contributed by atoms with van der Waals surface area (Å²) in [6, 6.07) is 14.6. The standard InChI is InChI=1S/C19H21FN2/c1-21-11-15-10-18-16-5-3-2-4-12(16)8-13-6-7-14(20)9-17(13)19(18)22-15/h2-7,9,15,18-19,21-22H,8,10-11H2,1H3/t15-,18-,19-/m1/s1. The van der Waals surface area contributed by atoms with E-state index in [0.717, 1.165) is 24.9 Å². The zero-order chi connectivity index (χ0) is 15.1. The van der Waals surface area contributed by atoms with Gasteiger partial charge in [0.25, 0.3) is 0 Å². The van der Waals surface area contributed by atoms with E-state index < -0.39 is 0 Å². The number of fused-ring (bicyclic) bond motifs is 5. The molecule has 2 aromatic rings. The Kier molecular flexibility index (Phi) is 3.47. The van der Waals surface area contributed by atoms with Crippen molar-refractivity contribution < 1.29 is 4.39 Å². The van der Waals surface area contributed by atoms with E-state index in [9.17, 15) is 4.39 Å². The largest absolute Gasteiger partial charge is 0.318 e. The highest BCUT2D eigenvalue weighted by Gasteiger charge is 2.38. The summed E-state index contributed by atoms with van der Waals surface area (Å²) >= 11 is 0. The van der Waals surface area contributed by atoms with Crippen molar-refractivity contribution in [3.05, 3.63) is 70.5 Å². The van der Waals surface area contributed by atoms with Gasteiger partial charge in [0.05, 0.1) is 0 Å². The van der Waals surface area contributed by atoms with Gasteiger partial charge in [-0.2, -0.15) is 0 Å². The van der Waals surface area contributed by atoms with Crippen molar-refractivity contribution >= 4 is 0 Å². The Labute approximate surface area is 130 Å². The van der Waals surface area contributed by atoms with Gasteiger partial charge in [0.2, 0.25) is 0 Å². The van der Waals surface area contributed by atoms with Crippen LogP contribution in [0.1, 0.15) is 40.6 Å². The van der Waals surface area contributed by atoms with Crippen LogP contribution in [0.5, 0.6) is 0 Å². The summed E-state index contributed by atoms with van der Waals surface area (Å²) in [6.07, 6.45) is 2.00. The summed E-state index contributed by atoms with van der Waals surface area (Å²) in [7, 11) is 1.98. The maximum Gasteiger partial charge on any atom is 0.123 e. The lowest BCUT2D eigenvalue weighted by Crippen LogP contribution is -2.33. The third-order valence-corrected chi connectivity index (χ3v) is 5.09. The summed E-state index contributed by atoms with van der Waals surface area (Å²) in [5.74, 6) is 0.292. The number of nitrogens with one attached hydrogen (secondary N) is 2. The predicted octanol–water partition coefficient (Wildman–Crippen LogP) is 3.14. The number of rotatable bonds is 2. The summed E-state index contributed by atoms with van der Waals surface area (Å²) < 4.78 is 13.8. The van der Waals surface area contributed by atoms with E-state index in [1.807, 2.05) is 13.1 Å². The summed E-state index contributed by atoms with van der Waals surface area (Å²) in [6.45, 7) is 0.944. The number of halogens is 1. The van der Waals surface area contributed by atoms with E-state index in [1.54, 1.807) is 12.1 Å². The van der Waals surface area contributed by atoms with Crippen LogP contribution in [0.15, 0.2) is 42.5 Å². The molecule has 2 aliphatic rings. The van der Waals surface area contributed by atoms with Gasteiger partial charge in [-0.05, 0) is 54.3 Å². The molecule has 4 rings (SSSR count). The average molecular weight is 296 g/mol. The van der Waals surface area contributed by atoms with Gasteiger partial charge in [-0.1, -0.05) is 30.3 Å². The Morgan fingerprint density at radius 3 is 2.82 bits per heavy atom. The topological polar surface area (TPSA) is 24.1 Å². The lowest BCUT2D eigenvalue weighted by atomic mass is 9.87. The van der Waals surface area contributed by atoms with Gasteiger partial charge in [0.15, 0.2) is 0 Å². The lowest BCUT2D eigenvalue weighted by Gasteiger charge is -2.20. The Bertz CT molecular complexity index is 698. The first-order valence-electron chi connectivity index (χ1n) is 8.03. The van der Waals surface area contributed by atoms with Gasteiger partial charge < -0.3 is 10.6 Å². The molecule has 1 aliphatic carbocycles.